The molecule has 5 nitrogen and oxygen atoms in total. The van der Waals surface area contributed by atoms with Crippen LogP contribution in [0.4, 0.5) is 11.4 Å². The van der Waals surface area contributed by atoms with Crippen molar-refractivity contribution in [1.29, 1.82) is 0 Å². The van der Waals surface area contributed by atoms with Crippen LogP contribution >= 0.6 is 15.9 Å². The second kappa shape index (κ2) is 4.31. The molecule has 0 spiro atoms. The fraction of sp³-hybridized carbons (Fsp3) is 0.111. The fourth-order valence-electron chi connectivity index (χ4n) is 1.14. The minimum absolute atomic E-state index is 0.559. The normalized spacial score (nSPS) is 10.2. The van der Waals surface area contributed by atoms with Gasteiger partial charge in [-0.1, -0.05) is 5.16 Å². The number of nitrogen functional groups attached to an aromatic ring is 1. The Labute approximate surface area is 94.8 Å². The minimum atomic E-state index is 0.559. The number of anilines is 2. The van der Waals surface area contributed by atoms with Gasteiger partial charge in [0.15, 0.2) is 0 Å². The monoisotopic (exact) mass is 268 g/mol. The molecule has 2 aromatic heterocycles. The number of hydrogen-bond donors (Lipinski definition) is 2. The molecule has 0 saturated heterocycles. The molecule has 0 radical (unpaired) electrons. The SMILES string of the molecule is Nc1cncc(Br)c1NCc1ccon1. The van der Waals surface area contributed by atoms with Crippen LogP contribution in [0.2, 0.25) is 0 Å². The first-order valence-electron chi connectivity index (χ1n) is 4.29. The van der Waals surface area contributed by atoms with Crippen molar-refractivity contribution in [2.75, 3.05) is 11.1 Å². The summed E-state index contributed by atoms with van der Waals surface area (Å²) in [6.45, 7) is 0.559. The second-order valence-electron chi connectivity index (χ2n) is 2.93. The molecule has 3 N–H and O–H groups in total. The Morgan fingerprint density at radius 1 is 1.47 bits per heavy atom. The minimum Gasteiger partial charge on any atom is -0.396 e. The van der Waals surface area contributed by atoms with Gasteiger partial charge < -0.3 is 15.6 Å². The average molecular weight is 269 g/mol. The Kier molecular flexibility index (Phi) is 2.86. The summed E-state index contributed by atoms with van der Waals surface area (Å²) in [6.07, 6.45) is 4.80. The summed E-state index contributed by atoms with van der Waals surface area (Å²) in [5.41, 5.74) is 7.98. The molecule has 2 heterocycles. The van der Waals surface area contributed by atoms with Gasteiger partial charge in [0.2, 0.25) is 0 Å². The van der Waals surface area contributed by atoms with E-state index in [1.165, 1.54) is 6.26 Å². The molecule has 2 aromatic rings. The van der Waals surface area contributed by atoms with E-state index in [1.54, 1.807) is 18.5 Å². The largest absolute Gasteiger partial charge is 0.396 e. The first-order chi connectivity index (χ1) is 7.27. The molecule has 0 fully saturated rings. The number of hydrogen-bond acceptors (Lipinski definition) is 5. The highest BCUT2D eigenvalue weighted by atomic mass is 79.9. The van der Waals surface area contributed by atoms with Crippen LogP contribution in [-0.2, 0) is 6.54 Å². The first-order valence-corrected chi connectivity index (χ1v) is 5.09. The van der Waals surface area contributed by atoms with Crippen molar-refractivity contribution in [2.24, 2.45) is 0 Å². The van der Waals surface area contributed by atoms with Gasteiger partial charge >= 0.3 is 0 Å². The summed E-state index contributed by atoms with van der Waals surface area (Å²) in [7, 11) is 0. The molecule has 6 heteroatoms. The van der Waals surface area contributed by atoms with Crippen LogP contribution in [0.25, 0.3) is 0 Å². The van der Waals surface area contributed by atoms with Gasteiger partial charge in [0, 0.05) is 12.3 Å². The highest BCUT2D eigenvalue weighted by molar-refractivity contribution is 9.10. The van der Waals surface area contributed by atoms with Gasteiger partial charge in [-0.3, -0.25) is 4.98 Å². The molecule has 0 amide bonds. The van der Waals surface area contributed by atoms with E-state index in [0.29, 0.717) is 12.2 Å². The van der Waals surface area contributed by atoms with Crippen molar-refractivity contribution in [3.8, 4) is 0 Å². The molecule has 0 aliphatic carbocycles. The lowest BCUT2D eigenvalue weighted by molar-refractivity contribution is 0.412. The molecule has 0 aliphatic rings. The van der Waals surface area contributed by atoms with Gasteiger partial charge in [0.05, 0.1) is 28.6 Å². The van der Waals surface area contributed by atoms with Crippen LogP contribution in [0.15, 0.2) is 33.7 Å². The molecule has 0 aliphatic heterocycles. The third-order valence-corrected chi connectivity index (χ3v) is 2.47. The van der Waals surface area contributed by atoms with Gasteiger partial charge in [-0.2, -0.15) is 0 Å². The molecule has 0 saturated carbocycles. The van der Waals surface area contributed by atoms with Crippen LogP contribution in [0.1, 0.15) is 5.69 Å². The number of rotatable bonds is 3. The number of aromatic nitrogens is 2. The van der Waals surface area contributed by atoms with E-state index in [9.17, 15) is 0 Å². The van der Waals surface area contributed by atoms with Crippen LogP contribution in [0.3, 0.4) is 0 Å². The third kappa shape index (κ3) is 2.27. The van der Waals surface area contributed by atoms with Crippen molar-refractivity contribution in [3.05, 3.63) is 34.9 Å². The Balaban J connectivity index is 2.11. The lowest BCUT2D eigenvalue weighted by atomic mass is 10.3. The standard InChI is InChI=1S/C9H9BrN4O/c10-7-4-12-5-8(11)9(7)13-3-6-1-2-15-14-6/h1-2,4-5H,3,11H2,(H,12,13). The van der Waals surface area contributed by atoms with Crippen molar-refractivity contribution in [1.82, 2.24) is 10.1 Å². The summed E-state index contributed by atoms with van der Waals surface area (Å²) in [4.78, 5) is 3.94. The van der Waals surface area contributed by atoms with Crippen LogP contribution in [0.5, 0.6) is 0 Å². The number of nitrogens with two attached hydrogens (primary N) is 1. The van der Waals surface area contributed by atoms with Crippen molar-refractivity contribution >= 4 is 27.3 Å². The van der Waals surface area contributed by atoms with E-state index in [2.05, 4.69) is 31.4 Å². The van der Waals surface area contributed by atoms with Gasteiger partial charge in [-0.25, -0.2) is 0 Å². The second-order valence-corrected chi connectivity index (χ2v) is 3.78. The van der Waals surface area contributed by atoms with Crippen LogP contribution < -0.4 is 11.1 Å². The number of nitrogens with zero attached hydrogens (tertiary/aromatic N) is 2. The van der Waals surface area contributed by atoms with E-state index in [1.807, 2.05) is 0 Å². The Bertz CT molecular complexity index is 423. The maximum atomic E-state index is 5.76. The zero-order valence-electron chi connectivity index (χ0n) is 7.77. The molecule has 0 aromatic carbocycles. The van der Waals surface area contributed by atoms with Gasteiger partial charge in [-0.05, 0) is 15.9 Å². The molecular weight excluding hydrogens is 260 g/mol. The lowest BCUT2D eigenvalue weighted by Crippen LogP contribution is -2.03. The summed E-state index contributed by atoms with van der Waals surface area (Å²) in [5.74, 6) is 0. The van der Waals surface area contributed by atoms with Crippen LogP contribution in [-0.4, -0.2) is 10.1 Å². The van der Waals surface area contributed by atoms with E-state index in [4.69, 9.17) is 10.3 Å². The smallest absolute Gasteiger partial charge is 0.124 e. The van der Waals surface area contributed by atoms with Crippen molar-refractivity contribution in [2.45, 2.75) is 6.54 Å². The maximum Gasteiger partial charge on any atom is 0.124 e. The van der Waals surface area contributed by atoms with E-state index in [-0.39, 0.29) is 0 Å². The predicted octanol–water partition coefficient (Wildman–Crippen LogP) is 2.03. The van der Waals surface area contributed by atoms with Crippen molar-refractivity contribution in [3.63, 3.8) is 0 Å². The molecule has 2 rings (SSSR count). The van der Waals surface area contributed by atoms with E-state index < -0.39 is 0 Å². The van der Waals surface area contributed by atoms with Gasteiger partial charge in [0.25, 0.3) is 0 Å². The average Bonchev–Trinajstić information content (AvgIpc) is 2.70. The third-order valence-electron chi connectivity index (χ3n) is 1.87. The molecule has 0 atom stereocenters. The molecule has 15 heavy (non-hydrogen) atoms. The Morgan fingerprint density at radius 3 is 3.00 bits per heavy atom. The molecule has 0 unspecified atom stereocenters. The Hall–Kier alpha value is -1.56. The molecule has 0 bridgehead atoms. The van der Waals surface area contributed by atoms with E-state index >= 15 is 0 Å². The molecular formula is C9H9BrN4O. The van der Waals surface area contributed by atoms with Gasteiger partial charge in [-0.15, -0.1) is 0 Å². The summed E-state index contributed by atoms with van der Waals surface area (Å²) < 4.78 is 5.54. The highest BCUT2D eigenvalue weighted by Crippen LogP contribution is 2.27. The maximum absolute atomic E-state index is 5.76. The highest BCUT2D eigenvalue weighted by Gasteiger charge is 2.04. The summed E-state index contributed by atoms with van der Waals surface area (Å²) in [5, 5.41) is 6.93. The van der Waals surface area contributed by atoms with E-state index in [0.717, 1.165) is 15.9 Å². The predicted molar refractivity (Wildman–Crippen MR) is 60.2 cm³/mol. The topological polar surface area (TPSA) is 77.0 Å². The number of halogens is 1. The Morgan fingerprint density at radius 2 is 2.33 bits per heavy atom. The van der Waals surface area contributed by atoms with Gasteiger partial charge in [0.1, 0.15) is 12.0 Å². The number of pyridine rings is 1. The quantitative estimate of drug-likeness (QED) is 0.891. The first kappa shape index (κ1) is 9.97. The lowest BCUT2D eigenvalue weighted by Gasteiger charge is -2.08. The fourth-order valence-corrected chi connectivity index (χ4v) is 1.63. The molecule has 78 valence electrons. The summed E-state index contributed by atoms with van der Waals surface area (Å²) in [6, 6.07) is 1.79. The zero-order chi connectivity index (χ0) is 10.7. The van der Waals surface area contributed by atoms with Crippen LogP contribution in [0, 0.1) is 0 Å². The summed E-state index contributed by atoms with van der Waals surface area (Å²) >= 11 is 3.36. The zero-order valence-corrected chi connectivity index (χ0v) is 9.36. The number of nitrogens with one attached hydrogen (secondary N) is 1. The van der Waals surface area contributed by atoms with Crippen molar-refractivity contribution < 1.29 is 4.52 Å².